The molecule has 1 N–H and O–H groups in total. The number of hydrogen-bond donors (Lipinski definition) is 1. The average molecular weight is 305 g/mol. The maximum atomic E-state index is 9.36. The molecule has 114 valence electrons. The van der Waals surface area contributed by atoms with E-state index in [-0.39, 0.29) is 6.61 Å². The van der Waals surface area contributed by atoms with Crippen molar-refractivity contribution in [3.05, 3.63) is 44.9 Å². The molecule has 0 radical (unpaired) electrons. The highest BCUT2D eigenvalue weighted by Gasteiger charge is 2.09. The fourth-order valence-corrected chi connectivity index (χ4v) is 3.33. The molecule has 0 aliphatic carbocycles. The molecule has 0 saturated heterocycles. The number of aryl methyl sites for hydroxylation is 3. The van der Waals surface area contributed by atoms with E-state index in [0.29, 0.717) is 6.61 Å². The number of aromatic nitrogens is 1. The third kappa shape index (κ3) is 4.55. The minimum atomic E-state index is 0.0882. The number of ether oxygens (including phenoxy) is 1. The zero-order chi connectivity index (χ0) is 15.2. The van der Waals surface area contributed by atoms with Gasteiger partial charge in [-0.25, -0.2) is 4.98 Å². The van der Waals surface area contributed by atoms with Crippen molar-refractivity contribution in [3.63, 3.8) is 0 Å². The number of benzene rings is 1. The Hall–Kier alpha value is -1.39. The van der Waals surface area contributed by atoms with Gasteiger partial charge in [-0.3, -0.25) is 0 Å². The van der Waals surface area contributed by atoms with Crippen molar-refractivity contribution < 1.29 is 9.84 Å². The first kappa shape index (κ1) is 16.0. The maximum Gasteiger partial charge on any atom is 0.119 e. The molecule has 1 heterocycles. The summed E-state index contributed by atoms with van der Waals surface area (Å²) in [5.74, 6) is 0.917. The SMILES string of the molecule is CCCc1nc(CCOc2cc(C)cc(C)c2)sc1CO. The Morgan fingerprint density at radius 3 is 2.48 bits per heavy atom. The van der Waals surface area contributed by atoms with Crippen LogP contribution >= 0.6 is 11.3 Å². The minimum absolute atomic E-state index is 0.0882. The van der Waals surface area contributed by atoms with Gasteiger partial charge in [0.1, 0.15) is 5.75 Å². The van der Waals surface area contributed by atoms with E-state index < -0.39 is 0 Å². The van der Waals surface area contributed by atoms with Gasteiger partial charge in [0.05, 0.1) is 28.8 Å². The molecule has 0 atom stereocenters. The van der Waals surface area contributed by atoms with Gasteiger partial charge in [0.25, 0.3) is 0 Å². The Balaban J connectivity index is 1.93. The summed E-state index contributed by atoms with van der Waals surface area (Å²) in [7, 11) is 0. The largest absolute Gasteiger partial charge is 0.493 e. The van der Waals surface area contributed by atoms with Crippen LogP contribution in [0.3, 0.4) is 0 Å². The van der Waals surface area contributed by atoms with Crippen LogP contribution in [0.25, 0.3) is 0 Å². The van der Waals surface area contributed by atoms with Gasteiger partial charge in [0.15, 0.2) is 0 Å². The first-order chi connectivity index (χ1) is 10.1. The predicted octanol–water partition coefficient (Wildman–Crippen LogP) is 3.83. The highest BCUT2D eigenvalue weighted by Crippen LogP contribution is 2.21. The predicted molar refractivity (Wildman–Crippen MR) is 87.1 cm³/mol. The molecular formula is C17H23NO2S. The summed E-state index contributed by atoms with van der Waals surface area (Å²) in [6.45, 7) is 6.98. The fourth-order valence-electron chi connectivity index (χ4n) is 2.37. The van der Waals surface area contributed by atoms with E-state index in [1.807, 2.05) is 0 Å². The van der Waals surface area contributed by atoms with Crippen molar-refractivity contribution in [2.45, 2.75) is 46.6 Å². The lowest BCUT2D eigenvalue weighted by Crippen LogP contribution is -2.01. The van der Waals surface area contributed by atoms with Crippen LogP contribution in [-0.2, 0) is 19.4 Å². The Morgan fingerprint density at radius 1 is 1.14 bits per heavy atom. The van der Waals surface area contributed by atoms with Gasteiger partial charge in [-0.1, -0.05) is 19.4 Å². The molecule has 0 bridgehead atoms. The summed E-state index contributed by atoms with van der Waals surface area (Å²) < 4.78 is 5.82. The lowest BCUT2D eigenvalue weighted by Gasteiger charge is -2.07. The normalized spacial score (nSPS) is 10.9. The van der Waals surface area contributed by atoms with E-state index in [9.17, 15) is 5.11 Å². The maximum absolute atomic E-state index is 9.36. The minimum Gasteiger partial charge on any atom is -0.493 e. The molecule has 3 nitrogen and oxygen atoms in total. The van der Waals surface area contributed by atoms with E-state index in [0.717, 1.165) is 40.6 Å². The molecule has 21 heavy (non-hydrogen) atoms. The number of aliphatic hydroxyl groups excluding tert-OH is 1. The Morgan fingerprint density at radius 2 is 1.86 bits per heavy atom. The molecular weight excluding hydrogens is 282 g/mol. The molecule has 0 amide bonds. The first-order valence-corrected chi connectivity index (χ1v) is 8.23. The second-order valence-electron chi connectivity index (χ2n) is 5.31. The van der Waals surface area contributed by atoms with Crippen LogP contribution in [0.15, 0.2) is 18.2 Å². The highest BCUT2D eigenvalue weighted by molar-refractivity contribution is 7.11. The Bertz CT molecular complexity index is 572. The number of hydrogen-bond acceptors (Lipinski definition) is 4. The van der Waals surface area contributed by atoms with Crippen molar-refractivity contribution in [2.24, 2.45) is 0 Å². The van der Waals surface area contributed by atoms with E-state index in [1.54, 1.807) is 11.3 Å². The second kappa shape index (κ2) is 7.57. The van der Waals surface area contributed by atoms with E-state index in [1.165, 1.54) is 11.1 Å². The molecule has 0 saturated carbocycles. The van der Waals surface area contributed by atoms with Gasteiger partial charge in [-0.05, 0) is 43.5 Å². The van der Waals surface area contributed by atoms with Crippen molar-refractivity contribution in [1.29, 1.82) is 0 Å². The molecule has 0 aliphatic heterocycles. The molecule has 1 aromatic carbocycles. The average Bonchev–Trinajstić information content (AvgIpc) is 2.80. The standard InChI is InChI=1S/C17H23NO2S/c1-4-5-15-16(11-19)21-17(18-15)6-7-20-14-9-12(2)8-13(3)10-14/h8-10,19H,4-7,11H2,1-3H3. The fraction of sp³-hybridized carbons (Fsp3) is 0.471. The molecule has 0 aliphatic rings. The zero-order valence-corrected chi connectivity index (χ0v) is 13.8. The zero-order valence-electron chi connectivity index (χ0n) is 13.0. The van der Waals surface area contributed by atoms with Gasteiger partial charge in [0.2, 0.25) is 0 Å². The lowest BCUT2D eigenvalue weighted by atomic mass is 10.1. The van der Waals surface area contributed by atoms with E-state index in [4.69, 9.17) is 4.74 Å². The Kier molecular flexibility index (Phi) is 5.76. The van der Waals surface area contributed by atoms with Gasteiger partial charge >= 0.3 is 0 Å². The summed E-state index contributed by atoms with van der Waals surface area (Å²) in [5.41, 5.74) is 3.48. The Labute approximate surface area is 130 Å². The van der Waals surface area contributed by atoms with Crippen LogP contribution in [-0.4, -0.2) is 16.7 Å². The van der Waals surface area contributed by atoms with Crippen molar-refractivity contribution >= 4 is 11.3 Å². The van der Waals surface area contributed by atoms with Crippen molar-refractivity contribution in [1.82, 2.24) is 4.98 Å². The van der Waals surface area contributed by atoms with Crippen molar-refractivity contribution in [3.8, 4) is 5.75 Å². The van der Waals surface area contributed by atoms with E-state index >= 15 is 0 Å². The summed E-state index contributed by atoms with van der Waals surface area (Å²) in [6.07, 6.45) is 2.77. The number of nitrogens with zero attached hydrogens (tertiary/aromatic N) is 1. The molecule has 1 aromatic heterocycles. The number of aliphatic hydroxyl groups is 1. The molecule has 0 fully saturated rings. The summed E-state index contributed by atoms with van der Waals surface area (Å²) in [4.78, 5) is 5.61. The van der Waals surface area contributed by atoms with Crippen LogP contribution < -0.4 is 4.74 Å². The third-order valence-corrected chi connectivity index (χ3v) is 4.37. The smallest absolute Gasteiger partial charge is 0.119 e. The van der Waals surface area contributed by atoms with Crippen LogP contribution in [0.5, 0.6) is 5.75 Å². The van der Waals surface area contributed by atoms with Crippen LogP contribution in [0, 0.1) is 13.8 Å². The molecule has 2 rings (SSSR count). The number of rotatable bonds is 7. The van der Waals surface area contributed by atoms with Crippen LogP contribution in [0.1, 0.15) is 40.1 Å². The first-order valence-electron chi connectivity index (χ1n) is 7.41. The topological polar surface area (TPSA) is 42.4 Å². The van der Waals surface area contributed by atoms with Gasteiger partial charge in [-0.2, -0.15) is 0 Å². The van der Waals surface area contributed by atoms with Gasteiger partial charge < -0.3 is 9.84 Å². The summed E-state index contributed by atoms with van der Waals surface area (Å²) in [6, 6.07) is 6.24. The van der Waals surface area contributed by atoms with Crippen LogP contribution in [0.4, 0.5) is 0 Å². The molecule has 0 spiro atoms. The second-order valence-corrected chi connectivity index (χ2v) is 6.48. The molecule has 2 aromatic rings. The molecule has 4 heteroatoms. The van der Waals surface area contributed by atoms with Gasteiger partial charge in [0, 0.05) is 6.42 Å². The quantitative estimate of drug-likeness (QED) is 0.845. The summed E-state index contributed by atoms with van der Waals surface area (Å²) in [5, 5.41) is 10.4. The lowest BCUT2D eigenvalue weighted by molar-refractivity contribution is 0.284. The third-order valence-electron chi connectivity index (χ3n) is 3.23. The van der Waals surface area contributed by atoms with Crippen LogP contribution in [0.2, 0.25) is 0 Å². The monoisotopic (exact) mass is 305 g/mol. The van der Waals surface area contributed by atoms with Gasteiger partial charge in [-0.15, -0.1) is 11.3 Å². The highest BCUT2D eigenvalue weighted by atomic mass is 32.1. The molecule has 0 unspecified atom stereocenters. The van der Waals surface area contributed by atoms with E-state index in [2.05, 4.69) is 44.0 Å². The van der Waals surface area contributed by atoms with Crippen molar-refractivity contribution in [2.75, 3.05) is 6.61 Å². The number of thiazole rings is 1. The summed E-state index contributed by atoms with van der Waals surface area (Å²) >= 11 is 1.60.